The van der Waals surface area contributed by atoms with E-state index in [2.05, 4.69) is 9.47 Å². The molecule has 14 heavy (non-hydrogen) atoms. The van der Waals surface area contributed by atoms with Gasteiger partial charge in [0.15, 0.2) is 0 Å². The molecule has 6 heteroatoms. The van der Waals surface area contributed by atoms with Gasteiger partial charge in [-0.2, -0.15) is 0 Å². The lowest BCUT2D eigenvalue weighted by Gasteiger charge is -2.08. The number of nitrogens with zero attached hydrogens (tertiary/aromatic N) is 1. The van der Waals surface area contributed by atoms with E-state index in [1.54, 1.807) is 6.92 Å². The minimum Gasteiger partial charge on any atom is -0.466 e. The monoisotopic (exact) mass is 201 g/mol. The lowest BCUT2D eigenvalue weighted by molar-refractivity contribution is -0.134. The van der Waals surface area contributed by atoms with E-state index < -0.39 is 12.1 Å². The predicted molar refractivity (Wildman–Crippen MR) is 46.1 cm³/mol. The SMILES string of the molecule is CCOC(=O)N(C=O)C=CC(=O)OC. The molecule has 0 aromatic rings. The maximum atomic E-state index is 10.9. The van der Waals surface area contributed by atoms with Gasteiger partial charge in [-0.05, 0) is 6.92 Å². The Morgan fingerprint density at radius 2 is 2.07 bits per heavy atom. The molecule has 0 aliphatic heterocycles. The summed E-state index contributed by atoms with van der Waals surface area (Å²) in [5.41, 5.74) is 0. The number of hydrogen-bond acceptors (Lipinski definition) is 5. The molecule has 0 radical (unpaired) electrons. The molecular weight excluding hydrogens is 190 g/mol. The fourth-order valence-electron chi connectivity index (χ4n) is 0.546. The van der Waals surface area contributed by atoms with Crippen LogP contribution in [0.1, 0.15) is 6.92 Å². The van der Waals surface area contributed by atoms with Gasteiger partial charge < -0.3 is 9.47 Å². The molecule has 0 saturated heterocycles. The fourth-order valence-corrected chi connectivity index (χ4v) is 0.546. The molecule has 0 bridgehead atoms. The van der Waals surface area contributed by atoms with Crippen molar-refractivity contribution < 1.29 is 23.9 Å². The summed E-state index contributed by atoms with van der Waals surface area (Å²) in [5, 5.41) is 0. The molecule has 0 atom stereocenters. The predicted octanol–water partition coefficient (Wildman–Crippen LogP) is 0.288. The first-order valence-corrected chi connectivity index (χ1v) is 3.82. The van der Waals surface area contributed by atoms with Crippen molar-refractivity contribution in [2.45, 2.75) is 6.92 Å². The first kappa shape index (κ1) is 12.2. The van der Waals surface area contributed by atoms with Crippen molar-refractivity contribution in [3.63, 3.8) is 0 Å². The van der Waals surface area contributed by atoms with Gasteiger partial charge in [0.2, 0.25) is 6.41 Å². The molecule has 6 nitrogen and oxygen atoms in total. The van der Waals surface area contributed by atoms with Gasteiger partial charge in [-0.15, -0.1) is 0 Å². The molecule has 2 amide bonds. The van der Waals surface area contributed by atoms with Crippen molar-refractivity contribution >= 4 is 18.5 Å². The van der Waals surface area contributed by atoms with Crippen LogP contribution in [0.15, 0.2) is 12.3 Å². The summed E-state index contributed by atoms with van der Waals surface area (Å²) in [5.74, 6) is -0.666. The standard InChI is InChI=1S/C8H11NO5/c1-3-14-8(12)9(6-10)5-4-7(11)13-2/h4-6H,3H2,1-2H3. The Bertz CT molecular complexity index is 248. The Hall–Kier alpha value is -1.85. The van der Waals surface area contributed by atoms with Crippen LogP contribution in [0.25, 0.3) is 0 Å². The van der Waals surface area contributed by atoms with Gasteiger partial charge in [0, 0.05) is 12.3 Å². The van der Waals surface area contributed by atoms with E-state index in [0.717, 1.165) is 12.3 Å². The molecule has 0 aromatic heterocycles. The molecule has 0 fully saturated rings. The summed E-state index contributed by atoms with van der Waals surface area (Å²) >= 11 is 0. The average Bonchev–Trinajstić information content (AvgIpc) is 2.18. The number of rotatable bonds is 4. The van der Waals surface area contributed by atoms with Crippen LogP contribution in [0.4, 0.5) is 4.79 Å². The number of carbonyl (C=O) groups is 3. The summed E-state index contributed by atoms with van der Waals surface area (Å²) in [4.78, 5) is 32.5. The number of amides is 2. The Kier molecular flexibility index (Phi) is 5.77. The van der Waals surface area contributed by atoms with Gasteiger partial charge in [-0.1, -0.05) is 0 Å². The Morgan fingerprint density at radius 1 is 1.43 bits per heavy atom. The molecule has 0 aromatic carbocycles. The number of methoxy groups -OCH3 is 1. The van der Waals surface area contributed by atoms with Crippen LogP contribution in [0.5, 0.6) is 0 Å². The second-order valence-corrected chi connectivity index (χ2v) is 2.05. The van der Waals surface area contributed by atoms with Crippen LogP contribution in [0, 0.1) is 0 Å². The quantitative estimate of drug-likeness (QED) is 0.371. The van der Waals surface area contributed by atoms with Crippen molar-refractivity contribution in [1.82, 2.24) is 4.90 Å². The summed E-state index contributed by atoms with van der Waals surface area (Å²) in [6.45, 7) is 1.75. The van der Waals surface area contributed by atoms with Crippen molar-refractivity contribution in [3.05, 3.63) is 12.3 Å². The highest BCUT2D eigenvalue weighted by molar-refractivity contribution is 5.86. The fraction of sp³-hybridized carbons (Fsp3) is 0.375. The molecule has 0 spiro atoms. The zero-order chi connectivity index (χ0) is 11.0. The van der Waals surface area contributed by atoms with Crippen LogP contribution < -0.4 is 0 Å². The van der Waals surface area contributed by atoms with Crippen molar-refractivity contribution in [1.29, 1.82) is 0 Å². The van der Waals surface area contributed by atoms with Gasteiger partial charge in [-0.25, -0.2) is 14.5 Å². The third-order valence-electron chi connectivity index (χ3n) is 1.16. The third-order valence-corrected chi connectivity index (χ3v) is 1.16. The average molecular weight is 201 g/mol. The molecule has 0 aliphatic carbocycles. The number of hydrogen-bond donors (Lipinski definition) is 0. The number of esters is 1. The van der Waals surface area contributed by atoms with Crippen LogP contribution in [-0.2, 0) is 19.1 Å². The van der Waals surface area contributed by atoms with Gasteiger partial charge in [-0.3, -0.25) is 4.79 Å². The molecule has 0 saturated carbocycles. The van der Waals surface area contributed by atoms with Crippen LogP contribution >= 0.6 is 0 Å². The second kappa shape index (κ2) is 6.64. The number of ether oxygens (including phenoxy) is 2. The van der Waals surface area contributed by atoms with E-state index in [0.29, 0.717) is 4.90 Å². The first-order chi connectivity index (χ1) is 6.65. The number of imide groups is 1. The van der Waals surface area contributed by atoms with E-state index in [4.69, 9.17) is 0 Å². The highest BCUT2D eigenvalue weighted by Gasteiger charge is 2.09. The summed E-state index contributed by atoms with van der Waals surface area (Å²) in [6, 6.07) is 0. The minimum atomic E-state index is -0.845. The lowest BCUT2D eigenvalue weighted by Crippen LogP contribution is -2.25. The summed E-state index contributed by atoms with van der Waals surface area (Å²) in [6.07, 6.45) is 1.29. The van der Waals surface area contributed by atoms with E-state index in [1.807, 2.05) is 0 Å². The number of carbonyl (C=O) groups excluding carboxylic acids is 3. The van der Waals surface area contributed by atoms with Crippen LogP contribution in [-0.4, -0.2) is 37.1 Å². The second-order valence-electron chi connectivity index (χ2n) is 2.05. The summed E-state index contributed by atoms with van der Waals surface area (Å²) in [7, 11) is 1.18. The van der Waals surface area contributed by atoms with E-state index in [9.17, 15) is 14.4 Å². The highest BCUT2D eigenvalue weighted by Crippen LogP contribution is 1.92. The Balaban J connectivity index is 4.28. The van der Waals surface area contributed by atoms with Crippen LogP contribution in [0.3, 0.4) is 0 Å². The molecule has 0 aliphatic rings. The smallest absolute Gasteiger partial charge is 0.420 e. The van der Waals surface area contributed by atoms with Gasteiger partial charge in [0.05, 0.1) is 13.7 Å². The highest BCUT2D eigenvalue weighted by atomic mass is 16.6. The van der Waals surface area contributed by atoms with E-state index in [1.165, 1.54) is 7.11 Å². The molecule has 0 heterocycles. The Labute approximate surface area is 81.1 Å². The lowest BCUT2D eigenvalue weighted by atomic mass is 10.6. The van der Waals surface area contributed by atoms with Crippen molar-refractivity contribution in [2.24, 2.45) is 0 Å². The van der Waals surface area contributed by atoms with E-state index >= 15 is 0 Å². The maximum Gasteiger partial charge on any atom is 0.420 e. The molecule has 0 unspecified atom stereocenters. The molecular formula is C8H11NO5. The molecule has 0 rings (SSSR count). The van der Waals surface area contributed by atoms with Crippen molar-refractivity contribution in [3.8, 4) is 0 Å². The third kappa shape index (κ3) is 4.24. The molecule has 78 valence electrons. The zero-order valence-corrected chi connectivity index (χ0v) is 7.93. The first-order valence-electron chi connectivity index (χ1n) is 3.82. The topological polar surface area (TPSA) is 72.9 Å². The van der Waals surface area contributed by atoms with E-state index in [-0.39, 0.29) is 13.0 Å². The van der Waals surface area contributed by atoms with Crippen LogP contribution in [0.2, 0.25) is 0 Å². The Morgan fingerprint density at radius 3 is 2.50 bits per heavy atom. The van der Waals surface area contributed by atoms with Crippen molar-refractivity contribution in [2.75, 3.05) is 13.7 Å². The normalized spacial score (nSPS) is 9.57. The van der Waals surface area contributed by atoms with Gasteiger partial charge >= 0.3 is 12.1 Å². The largest absolute Gasteiger partial charge is 0.466 e. The maximum absolute atomic E-state index is 10.9. The summed E-state index contributed by atoms with van der Waals surface area (Å²) < 4.78 is 8.78. The molecule has 0 N–H and O–H groups in total. The van der Waals surface area contributed by atoms with Gasteiger partial charge in [0.25, 0.3) is 0 Å². The zero-order valence-electron chi connectivity index (χ0n) is 7.93. The van der Waals surface area contributed by atoms with Gasteiger partial charge in [0.1, 0.15) is 0 Å². The minimum absolute atomic E-state index is 0.148.